The van der Waals surface area contributed by atoms with Crippen LogP contribution in [0.5, 0.6) is 5.75 Å². The fraction of sp³-hybridized carbons (Fsp3) is 0.393. The van der Waals surface area contributed by atoms with Crippen molar-refractivity contribution in [3.8, 4) is 5.75 Å². The summed E-state index contributed by atoms with van der Waals surface area (Å²) in [6.45, 7) is 2.82. The lowest BCUT2D eigenvalue weighted by molar-refractivity contribution is -0.121. The van der Waals surface area contributed by atoms with E-state index in [-0.39, 0.29) is 23.1 Å². The number of carbonyl (C=O) groups excluding carboxylic acids is 2. The number of aromatic nitrogens is 1. The number of nitrogens with one attached hydrogen (secondary N) is 2. The number of pyridine rings is 1. The van der Waals surface area contributed by atoms with Crippen LogP contribution in [0.3, 0.4) is 0 Å². The fourth-order valence-corrected chi connectivity index (χ4v) is 2.87. The molecule has 1 heterocycles. The number of carbonyl (C=O) groups is 2. The first-order valence-electron chi connectivity index (χ1n) is 12.1. The first kappa shape index (κ1) is 28.6. The van der Waals surface area contributed by atoms with Crippen molar-refractivity contribution in [1.82, 2.24) is 15.6 Å². The van der Waals surface area contributed by atoms with Crippen molar-refractivity contribution in [2.45, 2.75) is 58.3 Å². The van der Waals surface area contributed by atoms with Crippen molar-refractivity contribution >= 4 is 11.8 Å². The summed E-state index contributed by atoms with van der Waals surface area (Å²) in [5, 5.41) is 14.8. The average Bonchev–Trinajstić information content (AvgIpc) is 2.83. The molecule has 0 unspecified atom stereocenters. The van der Waals surface area contributed by atoms with Gasteiger partial charge in [-0.1, -0.05) is 67.7 Å². The van der Waals surface area contributed by atoms with Gasteiger partial charge in [-0.2, -0.15) is 0 Å². The molecule has 184 valence electrons. The molecule has 1 aromatic heterocycles. The van der Waals surface area contributed by atoms with Gasteiger partial charge in [0.2, 0.25) is 5.91 Å². The molecule has 0 saturated heterocycles. The van der Waals surface area contributed by atoms with Crippen molar-refractivity contribution in [2.75, 3.05) is 13.1 Å². The zero-order valence-corrected chi connectivity index (χ0v) is 20.3. The monoisotopic (exact) mass is 465 g/mol. The van der Waals surface area contributed by atoms with E-state index in [1.165, 1.54) is 18.5 Å². The molecule has 6 nitrogen and oxygen atoms in total. The maximum atomic E-state index is 11.9. The molecule has 1 aromatic rings. The summed E-state index contributed by atoms with van der Waals surface area (Å²) >= 11 is 0. The molecule has 0 aliphatic carbocycles. The third-order valence-electron chi connectivity index (χ3n) is 4.65. The summed E-state index contributed by atoms with van der Waals surface area (Å²) in [7, 11) is 0. The van der Waals surface area contributed by atoms with Crippen LogP contribution in [0, 0.1) is 0 Å². The van der Waals surface area contributed by atoms with Crippen LogP contribution >= 0.6 is 0 Å². The molecule has 0 bridgehead atoms. The molecule has 2 amide bonds. The van der Waals surface area contributed by atoms with E-state index >= 15 is 0 Å². The quantitative estimate of drug-likeness (QED) is 0.208. The van der Waals surface area contributed by atoms with Gasteiger partial charge >= 0.3 is 0 Å². The zero-order chi connectivity index (χ0) is 24.7. The Morgan fingerprint density at radius 2 is 1.38 bits per heavy atom. The normalized spacial score (nSPS) is 12.0. The minimum Gasteiger partial charge on any atom is -0.506 e. The number of rotatable bonds is 17. The van der Waals surface area contributed by atoms with Crippen molar-refractivity contribution < 1.29 is 14.7 Å². The minimum atomic E-state index is -0.337. The van der Waals surface area contributed by atoms with Crippen LogP contribution in [0.1, 0.15) is 68.6 Å². The summed E-state index contributed by atoms with van der Waals surface area (Å²) in [4.78, 5) is 27.5. The van der Waals surface area contributed by atoms with Crippen LogP contribution in [-0.2, 0) is 4.79 Å². The standard InChI is InChI=1S/C28H39N3O3/c1-2-3-4-5-6-7-8-9-10-11-12-13-14-15-16-17-18-19-27(33)30-20-21-31-28(34)25-22-26(32)24-29-23-25/h3-4,6-7,9-10,12-13,15-16,22-24,32H,2,5,8,11,14,17-21H2,1H3,(H,30,33)(H,31,34). The van der Waals surface area contributed by atoms with Gasteiger partial charge in [0.1, 0.15) is 5.75 Å². The van der Waals surface area contributed by atoms with Gasteiger partial charge in [-0.15, -0.1) is 0 Å². The summed E-state index contributed by atoms with van der Waals surface area (Å²) in [5.41, 5.74) is 0.281. The predicted octanol–water partition coefficient (Wildman–Crippen LogP) is 5.55. The smallest absolute Gasteiger partial charge is 0.253 e. The van der Waals surface area contributed by atoms with E-state index < -0.39 is 0 Å². The zero-order valence-electron chi connectivity index (χ0n) is 20.3. The maximum Gasteiger partial charge on any atom is 0.253 e. The number of aromatic hydroxyl groups is 1. The Balaban J connectivity index is 1.98. The summed E-state index contributed by atoms with van der Waals surface area (Å²) < 4.78 is 0. The number of hydrogen-bond donors (Lipinski definition) is 3. The largest absolute Gasteiger partial charge is 0.506 e. The van der Waals surface area contributed by atoms with Crippen molar-refractivity contribution in [1.29, 1.82) is 0 Å². The number of allylic oxidation sites excluding steroid dienone is 10. The molecule has 0 saturated carbocycles. The molecule has 34 heavy (non-hydrogen) atoms. The number of nitrogens with zero attached hydrogens (tertiary/aromatic N) is 1. The van der Waals surface area contributed by atoms with Gasteiger partial charge in [0.15, 0.2) is 0 Å². The van der Waals surface area contributed by atoms with Crippen LogP contribution in [0.25, 0.3) is 0 Å². The molecule has 0 aromatic carbocycles. The molecular weight excluding hydrogens is 426 g/mol. The highest BCUT2D eigenvalue weighted by molar-refractivity contribution is 5.94. The Kier molecular flexibility index (Phi) is 17.0. The van der Waals surface area contributed by atoms with Gasteiger partial charge in [-0.25, -0.2) is 0 Å². The molecule has 0 radical (unpaired) electrons. The van der Waals surface area contributed by atoms with E-state index in [2.05, 4.69) is 83.3 Å². The third kappa shape index (κ3) is 16.3. The summed E-state index contributed by atoms with van der Waals surface area (Å²) in [5.74, 6) is -0.426. The van der Waals surface area contributed by atoms with Gasteiger partial charge in [-0.3, -0.25) is 14.6 Å². The first-order valence-corrected chi connectivity index (χ1v) is 12.1. The Morgan fingerprint density at radius 3 is 1.97 bits per heavy atom. The highest BCUT2D eigenvalue weighted by atomic mass is 16.3. The van der Waals surface area contributed by atoms with Gasteiger partial charge in [0.25, 0.3) is 5.91 Å². The second-order valence-electron chi connectivity index (χ2n) is 7.64. The number of hydrogen-bond acceptors (Lipinski definition) is 4. The van der Waals surface area contributed by atoms with Gasteiger partial charge in [0, 0.05) is 25.7 Å². The maximum absolute atomic E-state index is 11.9. The lowest BCUT2D eigenvalue weighted by Gasteiger charge is -2.07. The molecule has 0 spiro atoms. The Labute approximate surface area is 204 Å². The van der Waals surface area contributed by atoms with Crippen LogP contribution in [-0.4, -0.2) is 35.0 Å². The summed E-state index contributed by atoms with van der Waals surface area (Å²) in [6, 6.07) is 1.34. The number of amides is 2. The molecule has 1 rings (SSSR count). The van der Waals surface area contributed by atoms with E-state index in [4.69, 9.17) is 0 Å². The predicted molar refractivity (Wildman–Crippen MR) is 140 cm³/mol. The van der Waals surface area contributed by atoms with Gasteiger partial charge in [-0.05, 0) is 51.0 Å². The summed E-state index contributed by atoms with van der Waals surface area (Å²) in [6.07, 6.45) is 31.4. The Hall–Kier alpha value is -3.41. The molecule has 3 N–H and O–H groups in total. The molecule has 0 atom stereocenters. The van der Waals surface area contributed by atoms with E-state index in [0.29, 0.717) is 19.5 Å². The molecule has 0 aliphatic rings. The topological polar surface area (TPSA) is 91.3 Å². The van der Waals surface area contributed by atoms with E-state index in [1.807, 2.05) is 0 Å². The highest BCUT2D eigenvalue weighted by Crippen LogP contribution is 2.07. The minimum absolute atomic E-state index is 0.0272. The molecular formula is C28H39N3O3. The van der Waals surface area contributed by atoms with Crippen molar-refractivity contribution in [2.24, 2.45) is 0 Å². The van der Waals surface area contributed by atoms with Crippen LogP contribution in [0.2, 0.25) is 0 Å². The lowest BCUT2D eigenvalue weighted by Crippen LogP contribution is -2.34. The van der Waals surface area contributed by atoms with E-state index in [1.54, 1.807) is 0 Å². The SMILES string of the molecule is CCC=CCC=CCC=CCC=CCC=CCCCC(=O)NCCNC(=O)c1cncc(O)c1. The molecule has 0 aliphatic heterocycles. The fourth-order valence-electron chi connectivity index (χ4n) is 2.87. The van der Waals surface area contributed by atoms with Crippen LogP contribution < -0.4 is 10.6 Å². The van der Waals surface area contributed by atoms with Crippen molar-refractivity contribution in [3.63, 3.8) is 0 Å². The lowest BCUT2D eigenvalue weighted by atomic mass is 10.2. The third-order valence-corrected chi connectivity index (χ3v) is 4.65. The van der Waals surface area contributed by atoms with Gasteiger partial charge < -0.3 is 15.7 Å². The van der Waals surface area contributed by atoms with Gasteiger partial charge in [0.05, 0.1) is 11.8 Å². The second-order valence-corrected chi connectivity index (χ2v) is 7.64. The molecule has 0 fully saturated rings. The Morgan fingerprint density at radius 1 is 0.824 bits per heavy atom. The van der Waals surface area contributed by atoms with Crippen LogP contribution in [0.4, 0.5) is 0 Å². The highest BCUT2D eigenvalue weighted by Gasteiger charge is 2.06. The number of unbranched alkanes of at least 4 members (excludes halogenated alkanes) is 1. The van der Waals surface area contributed by atoms with Crippen molar-refractivity contribution in [3.05, 3.63) is 84.8 Å². The van der Waals surface area contributed by atoms with Crippen LogP contribution in [0.15, 0.2) is 79.2 Å². The van der Waals surface area contributed by atoms with E-state index in [0.717, 1.165) is 44.9 Å². The second kappa shape index (κ2) is 20.2. The average molecular weight is 466 g/mol. The molecule has 6 heteroatoms. The first-order chi connectivity index (χ1) is 16.6. The Bertz CT molecular complexity index is 854. The van der Waals surface area contributed by atoms with E-state index in [9.17, 15) is 14.7 Å².